The Balaban J connectivity index is 0.00000117. The van der Waals surface area contributed by atoms with Gasteiger partial charge in [0, 0.05) is 50.1 Å². The molecule has 1 aromatic heterocycles. The Kier molecular flexibility index (Phi) is 15.9. The molecule has 4 rings (SSSR count). The number of carbonyl (C=O) groups is 6. The monoisotopic (exact) mass is 821 g/mol. The molecule has 0 spiro atoms. The Morgan fingerprint density at radius 3 is 2.12 bits per heavy atom. The Morgan fingerprint density at radius 2 is 1.57 bits per heavy atom. The zero-order valence-corrected chi connectivity index (χ0v) is 31.9. The smallest absolute Gasteiger partial charge is 0.475 e. The second kappa shape index (κ2) is 19.9. The fourth-order valence-electron chi connectivity index (χ4n) is 5.75. The van der Waals surface area contributed by atoms with Gasteiger partial charge in [0.25, 0.3) is 11.8 Å². The number of aliphatic hydroxyl groups excluding tert-OH is 1. The van der Waals surface area contributed by atoms with Gasteiger partial charge in [-0.25, -0.2) is 18.6 Å². The third-order valence-corrected chi connectivity index (χ3v) is 8.59. The fourth-order valence-corrected chi connectivity index (χ4v) is 5.75. The van der Waals surface area contributed by atoms with Gasteiger partial charge in [0.05, 0.1) is 17.8 Å². The normalized spacial score (nSPS) is 14.3. The molecule has 6 N–H and O–H groups in total. The molecule has 0 saturated heterocycles. The van der Waals surface area contributed by atoms with Gasteiger partial charge in [-0.2, -0.15) is 13.2 Å². The van der Waals surface area contributed by atoms with E-state index < -0.39 is 83.5 Å². The maximum atomic E-state index is 15.0. The number of aromatic nitrogens is 2. The zero-order chi connectivity index (χ0) is 43.5. The second-order valence-electron chi connectivity index (χ2n) is 14.1. The predicted molar refractivity (Wildman–Crippen MR) is 197 cm³/mol. The Labute approximate surface area is 329 Å². The number of nitrogens with two attached hydrogens (primary N) is 1. The quantitative estimate of drug-likeness (QED) is 0.112. The van der Waals surface area contributed by atoms with Crippen LogP contribution in [0.15, 0.2) is 66.9 Å². The summed E-state index contributed by atoms with van der Waals surface area (Å²) in [6.45, 7) is 6.26. The number of nitrogens with zero attached hydrogens (tertiary/aromatic N) is 4. The van der Waals surface area contributed by atoms with Crippen LogP contribution in [0.1, 0.15) is 51.5 Å². The Bertz CT molecular complexity index is 1980. The van der Waals surface area contributed by atoms with Crippen LogP contribution in [0, 0.1) is 17.0 Å². The molecule has 1 aliphatic heterocycles. The van der Waals surface area contributed by atoms with Gasteiger partial charge in [-0.1, -0.05) is 51.1 Å². The number of carboxylic acids is 1. The first-order valence-corrected chi connectivity index (χ1v) is 17.7. The van der Waals surface area contributed by atoms with E-state index in [-0.39, 0.29) is 43.9 Å². The number of hydrogen-bond donors (Lipinski definition) is 5. The van der Waals surface area contributed by atoms with Crippen molar-refractivity contribution in [3.8, 4) is 11.3 Å². The van der Waals surface area contributed by atoms with Gasteiger partial charge in [0.15, 0.2) is 0 Å². The number of benzene rings is 2. The summed E-state index contributed by atoms with van der Waals surface area (Å²) in [6.07, 6.45) is -1.30. The average molecular weight is 822 g/mol. The fraction of sp³-hybridized carbons (Fsp3) is 0.395. The minimum Gasteiger partial charge on any atom is -0.475 e. The van der Waals surface area contributed by atoms with Crippen molar-refractivity contribution in [3.05, 3.63) is 89.9 Å². The number of aliphatic carboxylic acids is 1. The van der Waals surface area contributed by atoms with E-state index in [4.69, 9.17) is 20.6 Å². The average Bonchev–Trinajstić information content (AvgIpc) is 3.70. The number of alkyl halides is 3. The van der Waals surface area contributed by atoms with Gasteiger partial charge >= 0.3 is 12.1 Å². The molecule has 1 aliphatic rings. The van der Waals surface area contributed by atoms with Gasteiger partial charge in [0.2, 0.25) is 17.7 Å². The molecule has 0 bridgehead atoms. The van der Waals surface area contributed by atoms with E-state index in [1.54, 1.807) is 10.8 Å². The zero-order valence-electron chi connectivity index (χ0n) is 31.9. The molecule has 314 valence electrons. The highest BCUT2D eigenvalue weighted by molar-refractivity contribution is 6.12. The van der Waals surface area contributed by atoms with Crippen LogP contribution in [-0.2, 0) is 35.3 Å². The first-order valence-electron chi connectivity index (χ1n) is 17.7. The molecule has 0 fully saturated rings. The van der Waals surface area contributed by atoms with Crippen LogP contribution in [-0.4, -0.2) is 110 Å². The van der Waals surface area contributed by atoms with Crippen LogP contribution < -0.4 is 16.4 Å². The molecule has 5 amide bonds. The highest BCUT2D eigenvalue weighted by atomic mass is 19.4. The van der Waals surface area contributed by atoms with Gasteiger partial charge in [-0.15, -0.1) is 0 Å². The molecule has 2 aromatic carbocycles. The highest BCUT2D eigenvalue weighted by Gasteiger charge is 2.39. The first kappa shape index (κ1) is 46.4. The van der Waals surface area contributed by atoms with Crippen molar-refractivity contribution in [1.29, 1.82) is 0 Å². The number of rotatable bonds is 15. The van der Waals surface area contributed by atoms with Crippen LogP contribution >= 0.6 is 0 Å². The van der Waals surface area contributed by atoms with Gasteiger partial charge in [0.1, 0.15) is 30.1 Å². The summed E-state index contributed by atoms with van der Waals surface area (Å²) in [6, 6.07) is 9.38. The number of halogens is 5. The van der Waals surface area contributed by atoms with Crippen molar-refractivity contribution in [2.75, 3.05) is 26.2 Å². The third kappa shape index (κ3) is 12.7. The minimum atomic E-state index is -5.08. The predicted octanol–water partition coefficient (Wildman–Crippen LogP) is 2.68. The van der Waals surface area contributed by atoms with Gasteiger partial charge < -0.3 is 36.0 Å². The number of hydrogen-bond acceptors (Lipinski definition) is 9. The topological polar surface area (TPSA) is 217 Å². The lowest BCUT2D eigenvalue weighted by Crippen LogP contribution is -2.52. The summed E-state index contributed by atoms with van der Waals surface area (Å²) < 4.78 is 62.7. The van der Waals surface area contributed by atoms with Crippen molar-refractivity contribution in [2.45, 2.75) is 65.0 Å². The summed E-state index contributed by atoms with van der Waals surface area (Å²) in [4.78, 5) is 78.4. The van der Waals surface area contributed by atoms with Crippen molar-refractivity contribution in [1.82, 2.24) is 30.0 Å². The molecule has 58 heavy (non-hydrogen) atoms. The maximum absolute atomic E-state index is 15.0. The van der Waals surface area contributed by atoms with Crippen LogP contribution in [0.2, 0.25) is 0 Å². The van der Waals surface area contributed by atoms with E-state index >= 15 is 0 Å². The van der Waals surface area contributed by atoms with Gasteiger partial charge in [-0.3, -0.25) is 28.9 Å². The van der Waals surface area contributed by atoms with Crippen molar-refractivity contribution < 1.29 is 60.9 Å². The minimum absolute atomic E-state index is 0.0235. The number of carboxylic acid groups (broad SMARTS) is 1. The van der Waals surface area contributed by atoms with Crippen LogP contribution in [0.25, 0.3) is 11.3 Å². The molecule has 3 aromatic rings. The Morgan fingerprint density at radius 1 is 0.966 bits per heavy atom. The van der Waals surface area contributed by atoms with Crippen LogP contribution in [0.3, 0.4) is 0 Å². The van der Waals surface area contributed by atoms with E-state index in [0.29, 0.717) is 5.82 Å². The van der Waals surface area contributed by atoms with E-state index in [1.807, 2.05) is 51.1 Å². The van der Waals surface area contributed by atoms with Crippen molar-refractivity contribution >= 4 is 35.5 Å². The van der Waals surface area contributed by atoms with Crippen molar-refractivity contribution in [3.63, 3.8) is 0 Å². The second-order valence-corrected chi connectivity index (χ2v) is 14.1. The molecule has 2 heterocycles. The van der Waals surface area contributed by atoms with Crippen molar-refractivity contribution in [2.24, 2.45) is 11.1 Å². The molecule has 0 unspecified atom stereocenters. The third-order valence-electron chi connectivity index (χ3n) is 8.59. The Hall–Kier alpha value is -6.02. The molecule has 3 atom stereocenters. The maximum Gasteiger partial charge on any atom is 0.490 e. The lowest BCUT2D eigenvalue weighted by atomic mass is 9.84. The van der Waals surface area contributed by atoms with E-state index in [0.717, 1.165) is 40.8 Å². The summed E-state index contributed by atoms with van der Waals surface area (Å²) in [5, 5.41) is 22.2. The van der Waals surface area contributed by atoms with Crippen LogP contribution in [0.4, 0.5) is 22.0 Å². The van der Waals surface area contributed by atoms with E-state index in [9.17, 15) is 51.0 Å². The summed E-state index contributed by atoms with van der Waals surface area (Å²) in [7, 11) is 0. The van der Waals surface area contributed by atoms with E-state index in [1.165, 1.54) is 11.8 Å². The molecule has 15 nitrogen and oxygen atoms in total. The lowest BCUT2D eigenvalue weighted by molar-refractivity contribution is -0.192. The highest BCUT2D eigenvalue weighted by Crippen LogP contribution is 2.39. The molecule has 0 aliphatic carbocycles. The SMILES string of the molecule is C[C@H](NC(=O)[C@@H](N)CCN(C(=O)CO)[C@@H](c1nc(-c2cc(F)ccc2F)cn1Cc1ccccc1)C(C)(C)C)C(=O)NCCN1C(=O)C=CC1=O.O=C(O)C(F)(F)F. The largest absolute Gasteiger partial charge is 0.490 e. The summed E-state index contributed by atoms with van der Waals surface area (Å²) >= 11 is 0. The standard InChI is InChI=1S/C36H43F2N7O6.C2HF3O2/c1-22(34(50)40-15-17-44-29(47)12-13-30(44)48)41-35(51)27(39)14-16-45(31(49)21-46)32(36(2,3)4)33-42-28(25-18-24(37)10-11-26(25)38)20-43(33)19-23-8-6-5-7-9-23;3-2(4,5)1(6)7/h5-13,18,20,22,27,32,46H,14-17,19,21,39H2,1-4H3,(H,40,50)(H,41,51);(H,6,7)/t22-,27-,32-;/m0./s1. The number of amides is 5. The molecule has 0 radical (unpaired) electrons. The molecular weight excluding hydrogens is 777 g/mol. The number of imidazole rings is 1. The van der Waals surface area contributed by atoms with Crippen LogP contribution in [0.5, 0.6) is 0 Å². The number of nitrogens with one attached hydrogen (secondary N) is 2. The first-order chi connectivity index (χ1) is 27.0. The van der Waals surface area contributed by atoms with Gasteiger partial charge in [-0.05, 0) is 42.5 Å². The number of imide groups is 1. The molecule has 0 saturated carbocycles. The number of carbonyl (C=O) groups excluding carboxylic acids is 5. The van der Waals surface area contributed by atoms with E-state index in [2.05, 4.69) is 10.6 Å². The summed E-state index contributed by atoms with van der Waals surface area (Å²) in [5.41, 5.74) is 6.45. The lowest BCUT2D eigenvalue weighted by Gasteiger charge is -2.40. The summed E-state index contributed by atoms with van der Waals surface area (Å²) in [5.74, 6) is -6.63. The molecule has 20 heteroatoms. The molecular formula is C38H44F5N7O8. The number of aliphatic hydroxyl groups is 1.